The van der Waals surface area contributed by atoms with Crippen LogP contribution in [0.3, 0.4) is 0 Å². The Hall–Kier alpha value is -2.44. The standard InChI is InChI=1S/C19H19N3O2S/c1-21-11-8-15(9-12-21)19-13-16-14-20-10-7-18(16)22(19)25(23,24)17-5-3-2-4-6-17/h2-8,10,13-14H,9,11-12H2,1H3. The molecule has 3 aromatic rings. The van der Waals surface area contributed by atoms with E-state index < -0.39 is 10.0 Å². The van der Waals surface area contributed by atoms with Gasteiger partial charge < -0.3 is 4.90 Å². The number of pyridine rings is 1. The Morgan fingerprint density at radius 2 is 1.92 bits per heavy atom. The molecule has 0 bridgehead atoms. The summed E-state index contributed by atoms with van der Waals surface area (Å²) < 4.78 is 28.2. The number of hydrogen-bond acceptors (Lipinski definition) is 4. The second kappa shape index (κ2) is 6.13. The van der Waals surface area contributed by atoms with Crippen molar-refractivity contribution in [2.24, 2.45) is 0 Å². The Labute approximate surface area is 147 Å². The highest BCUT2D eigenvalue weighted by Crippen LogP contribution is 2.31. The second-order valence-electron chi connectivity index (χ2n) is 6.29. The second-order valence-corrected chi connectivity index (χ2v) is 8.07. The molecule has 5 nitrogen and oxygen atoms in total. The summed E-state index contributed by atoms with van der Waals surface area (Å²) in [6.45, 7) is 1.73. The largest absolute Gasteiger partial charge is 0.302 e. The smallest absolute Gasteiger partial charge is 0.268 e. The Morgan fingerprint density at radius 3 is 2.64 bits per heavy atom. The van der Waals surface area contributed by atoms with Crippen molar-refractivity contribution >= 4 is 26.5 Å². The number of fused-ring (bicyclic) bond motifs is 1. The molecular formula is C19H19N3O2S. The molecule has 4 rings (SSSR count). The average Bonchev–Trinajstić information content (AvgIpc) is 3.03. The van der Waals surface area contributed by atoms with Crippen molar-refractivity contribution in [1.29, 1.82) is 0 Å². The third kappa shape index (κ3) is 2.77. The fourth-order valence-electron chi connectivity index (χ4n) is 3.21. The predicted molar refractivity (Wildman–Crippen MR) is 98.8 cm³/mol. The van der Waals surface area contributed by atoms with Crippen molar-refractivity contribution in [1.82, 2.24) is 13.9 Å². The van der Waals surface area contributed by atoms with Crippen LogP contribution in [0.25, 0.3) is 16.5 Å². The zero-order valence-corrected chi connectivity index (χ0v) is 14.8. The summed E-state index contributed by atoms with van der Waals surface area (Å²) in [4.78, 5) is 6.65. The van der Waals surface area contributed by atoms with E-state index in [1.54, 1.807) is 42.7 Å². The van der Waals surface area contributed by atoms with Crippen LogP contribution >= 0.6 is 0 Å². The minimum absolute atomic E-state index is 0.291. The molecule has 25 heavy (non-hydrogen) atoms. The van der Waals surface area contributed by atoms with Crippen molar-refractivity contribution < 1.29 is 8.42 Å². The Balaban J connectivity index is 1.98. The lowest BCUT2D eigenvalue weighted by atomic mass is 10.1. The highest BCUT2D eigenvalue weighted by Gasteiger charge is 2.25. The van der Waals surface area contributed by atoms with E-state index >= 15 is 0 Å². The van der Waals surface area contributed by atoms with Gasteiger partial charge in [-0.05, 0) is 43.3 Å². The SMILES string of the molecule is CN1CC=C(c2cc3cnccc3n2S(=O)(=O)c2ccccc2)CC1. The number of aromatic nitrogens is 2. The molecule has 0 fully saturated rings. The van der Waals surface area contributed by atoms with Gasteiger partial charge in [0.25, 0.3) is 10.0 Å². The summed E-state index contributed by atoms with van der Waals surface area (Å²) in [5.41, 5.74) is 2.46. The van der Waals surface area contributed by atoms with Crippen LogP contribution < -0.4 is 0 Å². The number of rotatable bonds is 3. The first-order valence-electron chi connectivity index (χ1n) is 8.21. The number of likely N-dealkylation sites (N-methyl/N-ethyl adjacent to an activating group) is 1. The van der Waals surface area contributed by atoms with Crippen molar-refractivity contribution in [3.63, 3.8) is 0 Å². The Bertz CT molecular complexity index is 1050. The summed E-state index contributed by atoms with van der Waals surface area (Å²) in [5, 5.41) is 0.830. The molecule has 2 aromatic heterocycles. The summed E-state index contributed by atoms with van der Waals surface area (Å²) in [5.74, 6) is 0. The third-order valence-corrected chi connectivity index (χ3v) is 6.32. The maximum Gasteiger partial charge on any atom is 0.268 e. The van der Waals surface area contributed by atoms with Crippen LogP contribution in [0, 0.1) is 0 Å². The van der Waals surface area contributed by atoms with E-state index in [1.807, 2.05) is 12.1 Å². The first kappa shape index (κ1) is 16.1. The molecule has 6 heteroatoms. The lowest BCUT2D eigenvalue weighted by Gasteiger charge is -2.23. The monoisotopic (exact) mass is 353 g/mol. The Kier molecular flexibility index (Phi) is 3.94. The molecule has 0 aliphatic carbocycles. The lowest BCUT2D eigenvalue weighted by Crippen LogP contribution is -2.25. The van der Waals surface area contributed by atoms with Crippen LogP contribution in [-0.4, -0.2) is 42.4 Å². The molecule has 0 atom stereocenters. The van der Waals surface area contributed by atoms with E-state index in [0.29, 0.717) is 10.4 Å². The fraction of sp³-hybridized carbons (Fsp3) is 0.211. The van der Waals surface area contributed by atoms with Gasteiger partial charge in [-0.25, -0.2) is 12.4 Å². The van der Waals surface area contributed by atoms with Gasteiger partial charge in [-0.15, -0.1) is 0 Å². The predicted octanol–water partition coefficient (Wildman–Crippen LogP) is 2.99. The van der Waals surface area contributed by atoms with E-state index in [-0.39, 0.29) is 0 Å². The van der Waals surface area contributed by atoms with E-state index in [1.165, 1.54) is 3.97 Å². The molecule has 0 N–H and O–H groups in total. The van der Waals surface area contributed by atoms with Crippen molar-refractivity contribution in [3.05, 3.63) is 66.6 Å². The van der Waals surface area contributed by atoms with Gasteiger partial charge in [0.05, 0.1) is 16.1 Å². The van der Waals surface area contributed by atoms with E-state index in [2.05, 4.69) is 23.0 Å². The van der Waals surface area contributed by atoms with Gasteiger partial charge in [0.2, 0.25) is 0 Å². The molecule has 0 radical (unpaired) electrons. The van der Waals surface area contributed by atoms with Crippen molar-refractivity contribution in [3.8, 4) is 0 Å². The molecule has 1 aliphatic rings. The molecule has 0 amide bonds. The van der Waals surface area contributed by atoms with Gasteiger partial charge in [-0.1, -0.05) is 24.3 Å². The minimum atomic E-state index is -3.68. The molecular weight excluding hydrogens is 334 g/mol. The number of benzene rings is 1. The van der Waals surface area contributed by atoms with Gasteiger partial charge in [0, 0.05) is 30.9 Å². The molecule has 0 saturated heterocycles. The van der Waals surface area contributed by atoms with Crippen molar-refractivity contribution in [2.45, 2.75) is 11.3 Å². The van der Waals surface area contributed by atoms with Crippen LogP contribution in [0.1, 0.15) is 12.1 Å². The van der Waals surface area contributed by atoms with Gasteiger partial charge in [0.15, 0.2) is 0 Å². The first-order valence-corrected chi connectivity index (χ1v) is 9.65. The van der Waals surface area contributed by atoms with Gasteiger partial charge in [-0.2, -0.15) is 0 Å². The Morgan fingerprint density at radius 1 is 1.12 bits per heavy atom. The molecule has 3 heterocycles. The average molecular weight is 353 g/mol. The number of nitrogens with zero attached hydrogens (tertiary/aromatic N) is 3. The maximum atomic E-state index is 13.3. The summed E-state index contributed by atoms with van der Waals surface area (Å²) in [6.07, 6.45) is 6.28. The molecule has 1 aliphatic heterocycles. The summed E-state index contributed by atoms with van der Waals surface area (Å²) in [7, 11) is -1.62. The van der Waals surface area contributed by atoms with Gasteiger partial charge in [-0.3, -0.25) is 4.98 Å². The quantitative estimate of drug-likeness (QED) is 0.726. The highest BCUT2D eigenvalue weighted by molar-refractivity contribution is 7.90. The molecule has 128 valence electrons. The maximum absolute atomic E-state index is 13.3. The van der Waals surface area contributed by atoms with E-state index in [4.69, 9.17) is 0 Å². The van der Waals surface area contributed by atoms with Crippen LogP contribution in [0.5, 0.6) is 0 Å². The minimum Gasteiger partial charge on any atom is -0.302 e. The van der Waals surface area contributed by atoms with Crippen LogP contribution in [0.4, 0.5) is 0 Å². The third-order valence-electron chi connectivity index (χ3n) is 4.58. The summed E-state index contributed by atoms with van der Waals surface area (Å²) >= 11 is 0. The fourth-order valence-corrected chi connectivity index (χ4v) is 4.78. The summed E-state index contributed by atoms with van der Waals surface area (Å²) in [6, 6.07) is 12.3. The molecule has 1 aromatic carbocycles. The number of hydrogen-bond donors (Lipinski definition) is 0. The molecule has 0 unspecified atom stereocenters. The van der Waals surface area contributed by atoms with Crippen LogP contribution in [0.15, 0.2) is 65.8 Å². The zero-order valence-electron chi connectivity index (χ0n) is 14.0. The van der Waals surface area contributed by atoms with E-state index in [0.717, 1.165) is 36.2 Å². The molecule has 0 saturated carbocycles. The van der Waals surface area contributed by atoms with Gasteiger partial charge in [0.1, 0.15) is 0 Å². The van der Waals surface area contributed by atoms with Crippen LogP contribution in [-0.2, 0) is 10.0 Å². The lowest BCUT2D eigenvalue weighted by molar-refractivity contribution is 0.369. The van der Waals surface area contributed by atoms with E-state index in [9.17, 15) is 8.42 Å². The van der Waals surface area contributed by atoms with Crippen LogP contribution in [0.2, 0.25) is 0 Å². The van der Waals surface area contributed by atoms with Crippen molar-refractivity contribution in [2.75, 3.05) is 20.1 Å². The molecule has 0 spiro atoms. The van der Waals surface area contributed by atoms with Gasteiger partial charge >= 0.3 is 0 Å². The normalized spacial score (nSPS) is 16.1. The first-order chi connectivity index (χ1) is 12.1. The highest BCUT2D eigenvalue weighted by atomic mass is 32.2. The zero-order chi connectivity index (χ0) is 17.4. The topological polar surface area (TPSA) is 55.2 Å².